The van der Waals surface area contributed by atoms with E-state index in [-0.39, 0.29) is 0 Å². The molecule has 4 nitrogen and oxygen atoms in total. The van der Waals surface area contributed by atoms with Crippen molar-refractivity contribution in [2.45, 2.75) is 19.0 Å². The molecular weight excluding hydrogens is 283 g/mol. The molecule has 1 aliphatic rings. The van der Waals surface area contributed by atoms with Crippen molar-refractivity contribution in [3.05, 3.63) is 24.3 Å². The highest BCUT2D eigenvalue weighted by molar-refractivity contribution is 5.89. The van der Waals surface area contributed by atoms with Gasteiger partial charge in [-0.1, -0.05) is 6.07 Å². The second-order valence-electron chi connectivity index (χ2n) is 5.15. The second kappa shape index (κ2) is 6.24. The summed E-state index contributed by atoms with van der Waals surface area (Å²) < 4.78 is 36.7. The van der Waals surface area contributed by atoms with Crippen molar-refractivity contribution >= 4 is 17.4 Å². The summed E-state index contributed by atoms with van der Waals surface area (Å²) in [4.78, 5) is 14.5. The number of alkyl halides is 3. The highest BCUT2D eigenvalue weighted by atomic mass is 19.4. The van der Waals surface area contributed by atoms with Crippen molar-refractivity contribution in [2.24, 2.45) is 0 Å². The molecule has 0 unspecified atom stereocenters. The summed E-state index contributed by atoms with van der Waals surface area (Å²) in [7, 11) is 1.12. The average Bonchev–Trinajstić information content (AvgIpc) is 2.90. The minimum Gasteiger partial charge on any atom is -0.371 e. The quantitative estimate of drug-likeness (QED) is 0.929. The van der Waals surface area contributed by atoms with Crippen molar-refractivity contribution < 1.29 is 18.0 Å². The Hall–Kier alpha value is -1.92. The molecule has 0 aromatic heterocycles. The first-order valence-electron chi connectivity index (χ1n) is 6.79. The molecule has 1 heterocycles. The lowest BCUT2D eigenvalue weighted by atomic mass is 10.2. The van der Waals surface area contributed by atoms with E-state index in [9.17, 15) is 18.0 Å². The van der Waals surface area contributed by atoms with E-state index < -0.39 is 18.8 Å². The zero-order chi connectivity index (χ0) is 15.5. The molecule has 0 aliphatic carbocycles. The van der Waals surface area contributed by atoms with Crippen LogP contribution < -0.4 is 10.2 Å². The molecule has 7 heteroatoms. The first-order chi connectivity index (χ1) is 9.85. The standard InChI is InChI=1S/C14H18F3N3O/c1-19(10-14(15,16)17)13(21)18-11-5-4-6-12(9-11)20-7-2-3-8-20/h4-6,9H,2-3,7-8,10H2,1H3,(H,18,21). The van der Waals surface area contributed by atoms with E-state index in [4.69, 9.17) is 0 Å². The Bertz CT molecular complexity index is 498. The monoisotopic (exact) mass is 301 g/mol. The van der Waals surface area contributed by atoms with Crippen molar-refractivity contribution in [1.82, 2.24) is 4.90 Å². The molecule has 1 aromatic rings. The van der Waals surface area contributed by atoms with E-state index in [0.29, 0.717) is 10.6 Å². The molecule has 116 valence electrons. The summed E-state index contributed by atoms with van der Waals surface area (Å²) in [6.07, 6.45) is -2.14. The Balaban J connectivity index is 1.99. The van der Waals surface area contributed by atoms with Crippen LogP contribution in [-0.2, 0) is 0 Å². The van der Waals surface area contributed by atoms with Crippen molar-refractivity contribution in [2.75, 3.05) is 36.9 Å². The number of benzene rings is 1. The maximum absolute atomic E-state index is 12.2. The first-order valence-corrected chi connectivity index (χ1v) is 6.79. The minimum absolute atomic E-state index is 0.499. The predicted molar refractivity (Wildman–Crippen MR) is 75.6 cm³/mol. The molecule has 21 heavy (non-hydrogen) atoms. The molecule has 1 aromatic carbocycles. The molecule has 1 saturated heterocycles. The molecule has 0 saturated carbocycles. The molecule has 0 radical (unpaired) electrons. The second-order valence-corrected chi connectivity index (χ2v) is 5.15. The molecule has 0 spiro atoms. The molecule has 0 bridgehead atoms. The molecule has 2 amide bonds. The van der Waals surface area contributed by atoms with Gasteiger partial charge in [-0.05, 0) is 31.0 Å². The number of anilines is 2. The maximum Gasteiger partial charge on any atom is 0.406 e. The molecule has 1 fully saturated rings. The van der Waals surface area contributed by atoms with Gasteiger partial charge in [0.1, 0.15) is 6.54 Å². The average molecular weight is 301 g/mol. The van der Waals surface area contributed by atoms with Crippen LogP contribution in [0.1, 0.15) is 12.8 Å². The lowest BCUT2D eigenvalue weighted by Gasteiger charge is -2.21. The van der Waals surface area contributed by atoms with Crippen LogP contribution in [0, 0.1) is 0 Å². The number of urea groups is 1. The fourth-order valence-electron chi connectivity index (χ4n) is 2.32. The normalized spacial score (nSPS) is 15.1. The first kappa shape index (κ1) is 15.5. The largest absolute Gasteiger partial charge is 0.406 e. The Kier molecular flexibility index (Phi) is 4.59. The number of nitrogens with one attached hydrogen (secondary N) is 1. The molecule has 0 atom stereocenters. The number of carbonyl (C=O) groups is 1. The van der Waals surface area contributed by atoms with Gasteiger partial charge in [-0.25, -0.2) is 4.79 Å². The molecule has 1 N–H and O–H groups in total. The van der Waals surface area contributed by atoms with Crippen LogP contribution in [0.5, 0.6) is 0 Å². The third kappa shape index (κ3) is 4.54. The van der Waals surface area contributed by atoms with Crippen molar-refractivity contribution in [3.8, 4) is 0 Å². The predicted octanol–water partition coefficient (Wildman–Crippen LogP) is 3.31. The third-order valence-electron chi connectivity index (χ3n) is 3.33. The third-order valence-corrected chi connectivity index (χ3v) is 3.33. The van der Waals surface area contributed by atoms with Crippen LogP contribution >= 0.6 is 0 Å². The van der Waals surface area contributed by atoms with E-state index in [1.807, 2.05) is 6.07 Å². The van der Waals surface area contributed by atoms with Gasteiger partial charge >= 0.3 is 12.2 Å². The van der Waals surface area contributed by atoms with Gasteiger partial charge in [-0.2, -0.15) is 13.2 Å². The number of nitrogens with zero attached hydrogens (tertiary/aromatic N) is 2. The Labute approximate surface area is 121 Å². The summed E-state index contributed by atoms with van der Waals surface area (Å²) >= 11 is 0. The van der Waals surface area contributed by atoms with E-state index in [1.54, 1.807) is 18.2 Å². The zero-order valence-corrected chi connectivity index (χ0v) is 11.8. The minimum atomic E-state index is -4.40. The molecule has 2 rings (SSSR count). The van der Waals surface area contributed by atoms with E-state index >= 15 is 0 Å². The van der Waals surface area contributed by atoms with Crippen LogP contribution in [-0.4, -0.2) is 43.8 Å². The highest BCUT2D eigenvalue weighted by Crippen LogP contribution is 2.23. The van der Waals surface area contributed by atoms with Crippen LogP contribution in [0.15, 0.2) is 24.3 Å². The van der Waals surface area contributed by atoms with Gasteiger partial charge in [0.05, 0.1) is 0 Å². The van der Waals surface area contributed by atoms with Crippen molar-refractivity contribution in [3.63, 3.8) is 0 Å². The fourth-order valence-corrected chi connectivity index (χ4v) is 2.32. The lowest BCUT2D eigenvalue weighted by Crippen LogP contribution is -2.38. The fraction of sp³-hybridized carbons (Fsp3) is 0.500. The number of carbonyl (C=O) groups excluding carboxylic acids is 1. The smallest absolute Gasteiger partial charge is 0.371 e. The highest BCUT2D eigenvalue weighted by Gasteiger charge is 2.31. The topological polar surface area (TPSA) is 35.6 Å². The van der Waals surface area contributed by atoms with Crippen LogP contribution in [0.2, 0.25) is 0 Å². The summed E-state index contributed by atoms with van der Waals surface area (Å²) in [5.41, 5.74) is 1.47. The zero-order valence-electron chi connectivity index (χ0n) is 11.8. The van der Waals surface area contributed by atoms with Crippen LogP contribution in [0.25, 0.3) is 0 Å². The van der Waals surface area contributed by atoms with E-state index in [0.717, 1.165) is 38.7 Å². The lowest BCUT2D eigenvalue weighted by molar-refractivity contribution is -0.137. The Morgan fingerprint density at radius 2 is 2.00 bits per heavy atom. The number of hydrogen-bond donors (Lipinski definition) is 1. The van der Waals surface area contributed by atoms with E-state index in [1.165, 1.54) is 0 Å². The molecule has 1 aliphatic heterocycles. The van der Waals surface area contributed by atoms with Gasteiger partial charge < -0.3 is 15.1 Å². The number of amides is 2. The van der Waals surface area contributed by atoms with Gasteiger partial charge in [0.25, 0.3) is 0 Å². The van der Waals surface area contributed by atoms with Gasteiger partial charge in [0.15, 0.2) is 0 Å². The van der Waals surface area contributed by atoms with Gasteiger partial charge in [0, 0.05) is 31.5 Å². The van der Waals surface area contributed by atoms with Gasteiger partial charge in [-0.15, -0.1) is 0 Å². The Morgan fingerprint density at radius 3 is 2.62 bits per heavy atom. The summed E-state index contributed by atoms with van der Waals surface area (Å²) in [6.45, 7) is 0.654. The molecular formula is C14H18F3N3O. The van der Waals surface area contributed by atoms with Gasteiger partial charge in [-0.3, -0.25) is 0 Å². The number of rotatable bonds is 3. The van der Waals surface area contributed by atoms with Crippen LogP contribution in [0.4, 0.5) is 29.3 Å². The maximum atomic E-state index is 12.2. The summed E-state index contributed by atoms with van der Waals surface area (Å²) in [5, 5.41) is 2.49. The van der Waals surface area contributed by atoms with Gasteiger partial charge in [0.2, 0.25) is 0 Å². The number of hydrogen-bond acceptors (Lipinski definition) is 2. The van der Waals surface area contributed by atoms with Crippen molar-refractivity contribution in [1.29, 1.82) is 0 Å². The summed E-state index contributed by atoms with van der Waals surface area (Å²) in [5.74, 6) is 0. The van der Waals surface area contributed by atoms with E-state index in [2.05, 4.69) is 10.2 Å². The van der Waals surface area contributed by atoms with Crippen LogP contribution in [0.3, 0.4) is 0 Å². The number of halogens is 3. The Morgan fingerprint density at radius 1 is 1.33 bits per heavy atom. The summed E-state index contributed by atoms with van der Waals surface area (Å²) in [6, 6.07) is 6.39. The SMILES string of the molecule is CN(CC(F)(F)F)C(=O)Nc1cccc(N2CCCC2)c1.